The predicted octanol–water partition coefficient (Wildman–Crippen LogP) is 4.34. The number of hydrogen-bond donors (Lipinski definition) is 0. The van der Waals surface area contributed by atoms with E-state index in [2.05, 4.69) is 9.80 Å². The quantitative estimate of drug-likeness (QED) is 0.345. The van der Waals surface area contributed by atoms with Gasteiger partial charge in [0.2, 0.25) is 0 Å². The zero-order chi connectivity index (χ0) is 32.0. The second kappa shape index (κ2) is 14.5. The topological polar surface area (TPSA) is 102 Å². The maximum Gasteiger partial charge on any atom is 0.320 e. The Hall–Kier alpha value is -2.56. The Bertz CT molecular complexity index is 1100. The summed E-state index contributed by atoms with van der Waals surface area (Å²) in [4.78, 5) is 50.6. The monoisotopic (exact) mass is 602 g/mol. The second-order valence-electron chi connectivity index (χ2n) is 14.9. The van der Waals surface area contributed by atoms with Crippen LogP contribution in [0, 0.1) is 0 Å². The van der Waals surface area contributed by atoms with Crippen molar-refractivity contribution in [2.45, 2.75) is 130 Å². The Balaban J connectivity index is 1.99. The smallest absolute Gasteiger partial charge is 0.320 e. The highest BCUT2D eigenvalue weighted by atomic mass is 16.6. The van der Waals surface area contributed by atoms with E-state index in [1.54, 1.807) is 0 Å². The molecule has 1 aromatic rings. The van der Waals surface area contributed by atoms with Crippen LogP contribution in [0.3, 0.4) is 0 Å². The molecule has 2 atom stereocenters. The number of hydrogen-bond acceptors (Lipinski definition) is 10. The standard InChI is InChI=1S/C33H54N4O6/c1-31(2,3)41-28(38)21-35-17-18-36(22-29(39)42-32(4,5)6)26-15-10-11-16-27(26)37(23-30(40)43-33(7,8)9)20-25-14-12-13-24(19-35)34-25/h12-14,26-27H,10-11,15-23H2,1-9H3/t26-,27-/m0/s1. The van der Waals surface area contributed by atoms with Crippen LogP contribution in [0.4, 0.5) is 0 Å². The first-order valence-corrected chi connectivity index (χ1v) is 15.7. The maximum atomic E-state index is 13.2. The molecule has 2 heterocycles. The van der Waals surface area contributed by atoms with Crippen LogP contribution in [-0.4, -0.2) is 99.2 Å². The number of aromatic nitrogens is 1. The summed E-state index contributed by atoms with van der Waals surface area (Å²) >= 11 is 0. The molecule has 0 radical (unpaired) electrons. The average molecular weight is 603 g/mol. The van der Waals surface area contributed by atoms with Crippen LogP contribution in [0.1, 0.15) is 99.4 Å². The molecule has 1 aliphatic heterocycles. The van der Waals surface area contributed by atoms with Crippen LogP contribution in [0.5, 0.6) is 0 Å². The van der Waals surface area contributed by atoms with Gasteiger partial charge in [-0.05, 0) is 87.3 Å². The summed E-state index contributed by atoms with van der Waals surface area (Å²) in [5.74, 6) is -0.857. The summed E-state index contributed by atoms with van der Waals surface area (Å²) in [6, 6.07) is 5.93. The summed E-state index contributed by atoms with van der Waals surface area (Å²) in [5.41, 5.74) is -0.0967. The lowest BCUT2D eigenvalue weighted by molar-refractivity contribution is -0.161. The molecule has 1 fully saturated rings. The van der Waals surface area contributed by atoms with Crippen LogP contribution >= 0.6 is 0 Å². The minimum absolute atomic E-state index is 0.00731. The lowest BCUT2D eigenvalue weighted by Gasteiger charge is -2.45. The first-order chi connectivity index (χ1) is 19.9. The van der Waals surface area contributed by atoms with Gasteiger partial charge in [-0.2, -0.15) is 0 Å². The van der Waals surface area contributed by atoms with Crippen LogP contribution in [0.25, 0.3) is 0 Å². The van der Waals surface area contributed by atoms with E-state index in [1.807, 2.05) is 85.4 Å². The fraction of sp³-hybridized carbons (Fsp3) is 0.758. The number of fused-ring (bicyclic) bond motifs is 3. The van der Waals surface area contributed by atoms with Gasteiger partial charge in [0.05, 0.1) is 31.0 Å². The minimum atomic E-state index is -0.602. The number of esters is 3. The summed E-state index contributed by atoms with van der Waals surface area (Å²) in [6.45, 7) is 19.2. The van der Waals surface area contributed by atoms with Gasteiger partial charge in [0.15, 0.2) is 0 Å². The molecular weight excluding hydrogens is 548 g/mol. The first kappa shape index (κ1) is 34.9. The van der Waals surface area contributed by atoms with Crippen molar-refractivity contribution in [3.63, 3.8) is 0 Å². The fourth-order valence-electron chi connectivity index (χ4n) is 5.86. The number of carbonyl (C=O) groups is 3. The van der Waals surface area contributed by atoms with E-state index in [0.717, 1.165) is 37.1 Å². The molecule has 0 saturated heterocycles. The lowest BCUT2D eigenvalue weighted by Crippen LogP contribution is -2.57. The first-order valence-electron chi connectivity index (χ1n) is 15.7. The van der Waals surface area contributed by atoms with Crippen molar-refractivity contribution in [3.05, 3.63) is 29.6 Å². The van der Waals surface area contributed by atoms with Gasteiger partial charge < -0.3 is 14.2 Å². The molecule has 1 aromatic heterocycles. The largest absolute Gasteiger partial charge is 0.459 e. The molecule has 0 amide bonds. The molecule has 242 valence electrons. The van der Waals surface area contributed by atoms with E-state index < -0.39 is 16.8 Å². The summed E-state index contributed by atoms with van der Waals surface area (Å²) < 4.78 is 17.1. The fourth-order valence-corrected chi connectivity index (χ4v) is 5.86. The average Bonchev–Trinajstić information content (AvgIpc) is 2.82. The highest BCUT2D eigenvalue weighted by molar-refractivity contribution is 5.73. The van der Waals surface area contributed by atoms with Crippen molar-refractivity contribution in [2.75, 3.05) is 32.7 Å². The SMILES string of the molecule is CC(C)(C)OC(=O)CN1CCN(CC(=O)OC(C)(C)C)[C@H]2CCCC[C@@H]2N(CC(=O)OC(C)(C)C)Cc2cccc(n2)C1. The summed E-state index contributed by atoms with van der Waals surface area (Å²) in [5, 5.41) is 0. The summed E-state index contributed by atoms with van der Waals surface area (Å²) in [7, 11) is 0. The highest BCUT2D eigenvalue weighted by Gasteiger charge is 2.37. The Morgan fingerprint density at radius 3 is 1.63 bits per heavy atom. The third-order valence-electron chi connectivity index (χ3n) is 7.23. The van der Waals surface area contributed by atoms with Crippen molar-refractivity contribution in [1.29, 1.82) is 0 Å². The van der Waals surface area contributed by atoms with Gasteiger partial charge in [-0.1, -0.05) is 18.9 Å². The van der Waals surface area contributed by atoms with Crippen LogP contribution < -0.4 is 0 Å². The Morgan fingerprint density at radius 1 is 0.674 bits per heavy atom. The molecule has 1 saturated carbocycles. The molecule has 0 spiro atoms. The number of rotatable bonds is 6. The molecule has 2 bridgehead atoms. The van der Waals surface area contributed by atoms with Gasteiger partial charge in [-0.15, -0.1) is 0 Å². The lowest BCUT2D eigenvalue weighted by atomic mass is 9.87. The molecule has 2 aliphatic rings. The van der Waals surface area contributed by atoms with E-state index in [0.29, 0.717) is 26.2 Å². The van der Waals surface area contributed by atoms with E-state index in [4.69, 9.17) is 19.2 Å². The molecule has 1 aliphatic carbocycles. The Morgan fingerprint density at radius 2 is 1.12 bits per heavy atom. The second-order valence-corrected chi connectivity index (χ2v) is 14.9. The van der Waals surface area contributed by atoms with Gasteiger partial charge >= 0.3 is 17.9 Å². The van der Waals surface area contributed by atoms with Crippen molar-refractivity contribution < 1.29 is 28.6 Å². The van der Waals surface area contributed by atoms with Crippen LogP contribution in [0.2, 0.25) is 0 Å². The molecule has 0 N–H and O–H groups in total. The minimum Gasteiger partial charge on any atom is -0.459 e. The molecule has 0 unspecified atom stereocenters. The molecule has 43 heavy (non-hydrogen) atoms. The zero-order valence-corrected chi connectivity index (χ0v) is 27.9. The molecule has 10 heteroatoms. The maximum absolute atomic E-state index is 13.2. The molecular formula is C33H54N4O6. The van der Waals surface area contributed by atoms with E-state index in [9.17, 15) is 14.4 Å². The van der Waals surface area contributed by atoms with Crippen molar-refractivity contribution in [2.24, 2.45) is 0 Å². The summed E-state index contributed by atoms with van der Waals surface area (Å²) in [6.07, 6.45) is 3.84. The Kier molecular flexibility index (Phi) is 11.8. The van der Waals surface area contributed by atoms with Crippen LogP contribution in [-0.2, 0) is 41.7 Å². The third kappa shape index (κ3) is 12.5. The third-order valence-corrected chi connectivity index (χ3v) is 7.23. The number of ether oxygens (including phenoxy) is 3. The Labute approximate surface area is 258 Å². The van der Waals surface area contributed by atoms with E-state index in [1.165, 1.54) is 0 Å². The van der Waals surface area contributed by atoms with Crippen LogP contribution in [0.15, 0.2) is 18.2 Å². The molecule has 0 aromatic carbocycles. The molecule has 10 nitrogen and oxygen atoms in total. The van der Waals surface area contributed by atoms with E-state index >= 15 is 0 Å². The predicted molar refractivity (Wildman–Crippen MR) is 165 cm³/mol. The van der Waals surface area contributed by atoms with Gasteiger partial charge in [-0.25, -0.2) is 0 Å². The van der Waals surface area contributed by atoms with E-state index in [-0.39, 0.29) is 49.6 Å². The van der Waals surface area contributed by atoms with Crippen molar-refractivity contribution in [3.8, 4) is 0 Å². The number of nitrogens with zero attached hydrogens (tertiary/aromatic N) is 4. The van der Waals surface area contributed by atoms with Gasteiger partial charge in [-0.3, -0.25) is 34.1 Å². The molecule has 3 rings (SSSR count). The number of carbonyl (C=O) groups excluding carboxylic acids is 3. The number of pyridine rings is 1. The highest BCUT2D eigenvalue weighted by Crippen LogP contribution is 2.29. The van der Waals surface area contributed by atoms with Gasteiger partial charge in [0.25, 0.3) is 0 Å². The zero-order valence-electron chi connectivity index (χ0n) is 27.9. The normalized spacial score (nSPS) is 21.6. The van der Waals surface area contributed by atoms with Crippen molar-refractivity contribution >= 4 is 17.9 Å². The van der Waals surface area contributed by atoms with Gasteiger partial charge in [0.1, 0.15) is 16.8 Å². The van der Waals surface area contributed by atoms with Crippen molar-refractivity contribution in [1.82, 2.24) is 19.7 Å². The van der Waals surface area contributed by atoms with Gasteiger partial charge in [0, 0.05) is 38.3 Å².